The van der Waals surface area contributed by atoms with Gasteiger partial charge in [0.25, 0.3) is 0 Å². The standard InChI is InChI=1S/C13H14FNO/c1-15-13(8-10-6-7-16-9-10)11-4-2-3-5-12(11)14/h2-7,9,13,15H,8H2,1H3. The van der Waals surface area contributed by atoms with Gasteiger partial charge in [-0.15, -0.1) is 0 Å². The van der Waals surface area contributed by atoms with Crippen LogP contribution in [0.3, 0.4) is 0 Å². The van der Waals surface area contributed by atoms with Gasteiger partial charge in [-0.1, -0.05) is 18.2 Å². The van der Waals surface area contributed by atoms with E-state index in [-0.39, 0.29) is 11.9 Å². The molecule has 0 bridgehead atoms. The van der Waals surface area contributed by atoms with Crippen molar-refractivity contribution in [3.8, 4) is 0 Å². The van der Waals surface area contributed by atoms with E-state index < -0.39 is 0 Å². The van der Waals surface area contributed by atoms with Crippen molar-refractivity contribution in [2.45, 2.75) is 12.5 Å². The van der Waals surface area contributed by atoms with Crippen LogP contribution in [0.1, 0.15) is 17.2 Å². The van der Waals surface area contributed by atoms with Gasteiger partial charge in [0.15, 0.2) is 0 Å². The molecule has 84 valence electrons. The third-order valence-electron chi connectivity index (χ3n) is 2.65. The minimum Gasteiger partial charge on any atom is -0.472 e. The lowest BCUT2D eigenvalue weighted by Gasteiger charge is -2.16. The predicted octanol–water partition coefficient (Wildman–Crippen LogP) is 2.92. The zero-order chi connectivity index (χ0) is 11.4. The second-order valence-corrected chi connectivity index (χ2v) is 3.70. The van der Waals surface area contributed by atoms with E-state index in [1.807, 2.05) is 19.2 Å². The van der Waals surface area contributed by atoms with Crippen molar-refractivity contribution >= 4 is 0 Å². The number of nitrogens with one attached hydrogen (secondary N) is 1. The van der Waals surface area contributed by atoms with E-state index in [2.05, 4.69) is 5.32 Å². The quantitative estimate of drug-likeness (QED) is 0.855. The number of benzene rings is 1. The van der Waals surface area contributed by atoms with Gasteiger partial charge in [-0.3, -0.25) is 0 Å². The van der Waals surface area contributed by atoms with Crippen LogP contribution in [0.2, 0.25) is 0 Å². The number of likely N-dealkylation sites (N-methyl/N-ethyl adjacent to an activating group) is 1. The van der Waals surface area contributed by atoms with Crippen LogP contribution in [0.25, 0.3) is 0 Å². The van der Waals surface area contributed by atoms with E-state index in [1.165, 1.54) is 6.07 Å². The molecule has 16 heavy (non-hydrogen) atoms. The number of rotatable bonds is 4. The van der Waals surface area contributed by atoms with Crippen LogP contribution in [-0.4, -0.2) is 7.05 Å². The molecule has 0 aliphatic carbocycles. The molecule has 0 radical (unpaired) electrons. The van der Waals surface area contributed by atoms with Crippen molar-refractivity contribution in [3.63, 3.8) is 0 Å². The Kier molecular flexibility index (Phi) is 3.37. The summed E-state index contributed by atoms with van der Waals surface area (Å²) in [4.78, 5) is 0. The molecule has 2 nitrogen and oxygen atoms in total. The lowest BCUT2D eigenvalue weighted by molar-refractivity contribution is 0.526. The van der Waals surface area contributed by atoms with Crippen molar-refractivity contribution < 1.29 is 8.81 Å². The monoisotopic (exact) mass is 219 g/mol. The van der Waals surface area contributed by atoms with Crippen molar-refractivity contribution in [1.82, 2.24) is 5.32 Å². The topological polar surface area (TPSA) is 25.2 Å². The largest absolute Gasteiger partial charge is 0.472 e. The average Bonchev–Trinajstić information content (AvgIpc) is 2.80. The van der Waals surface area contributed by atoms with Gasteiger partial charge in [-0.05, 0) is 31.2 Å². The molecule has 1 atom stereocenters. The number of hydrogen-bond acceptors (Lipinski definition) is 2. The molecule has 1 aromatic heterocycles. The first-order valence-electron chi connectivity index (χ1n) is 5.24. The van der Waals surface area contributed by atoms with Gasteiger partial charge in [-0.2, -0.15) is 0 Å². The third kappa shape index (κ3) is 2.31. The average molecular weight is 219 g/mol. The van der Waals surface area contributed by atoms with Gasteiger partial charge >= 0.3 is 0 Å². The van der Waals surface area contributed by atoms with Gasteiger partial charge in [-0.25, -0.2) is 4.39 Å². The molecule has 1 heterocycles. The van der Waals surface area contributed by atoms with Gasteiger partial charge in [0.05, 0.1) is 12.5 Å². The maximum Gasteiger partial charge on any atom is 0.127 e. The van der Waals surface area contributed by atoms with Crippen LogP contribution in [-0.2, 0) is 6.42 Å². The Labute approximate surface area is 94.1 Å². The molecule has 0 aliphatic heterocycles. The number of furan rings is 1. The summed E-state index contributed by atoms with van der Waals surface area (Å²) < 4.78 is 18.6. The lowest BCUT2D eigenvalue weighted by atomic mass is 10.0. The highest BCUT2D eigenvalue weighted by molar-refractivity contribution is 5.23. The summed E-state index contributed by atoms with van der Waals surface area (Å²) in [6, 6.07) is 8.69. The summed E-state index contributed by atoms with van der Waals surface area (Å²) in [5.41, 5.74) is 1.74. The summed E-state index contributed by atoms with van der Waals surface area (Å²) in [7, 11) is 1.83. The van der Waals surface area contributed by atoms with E-state index >= 15 is 0 Å². The van der Waals surface area contributed by atoms with Crippen LogP contribution < -0.4 is 5.32 Å². The minimum absolute atomic E-state index is 0.0289. The maximum atomic E-state index is 13.6. The molecule has 2 aromatic rings. The Balaban J connectivity index is 2.20. The molecule has 0 fully saturated rings. The Hall–Kier alpha value is -1.61. The first-order valence-corrected chi connectivity index (χ1v) is 5.24. The van der Waals surface area contributed by atoms with Crippen molar-refractivity contribution in [1.29, 1.82) is 0 Å². The highest BCUT2D eigenvalue weighted by Gasteiger charge is 2.14. The number of hydrogen-bond donors (Lipinski definition) is 1. The first-order chi connectivity index (χ1) is 7.81. The van der Waals surface area contributed by atoms with Crippen LogP contribution in [0.15, 0.2) is 47.3 Å². The van der Waals surface area contributed by atoms with Crippen LogP contribution in [0.4, 0.5) is 4.39 Å². The molecule has 0 saturated heterocycles. The SMILES string of the molecule is CNC(Cc1ccoc1)c1ccccc1F. The third-order valence-corrected chi connectivity index (χ3v) is 2.65. The summed E-state index contributed by atoms with van der Waals surface area (Å²) in [6.45, 7) is 0. The predicted molar refractivity (Wildman–Crippen MR) is 60.6 cm³/mol. The van der Waals surface area contributed by atoms with Gasteiger partial charge in [0.1, 0.15) is 5.82 Å². The van der Waals surface area contributed by atoms with E-state index in [0.717, 1.165) is 5.56 Å². The van der Waals surface area contributed by atoms with E-state index in [9.17, 15) is 4.39 Å². The zero-order valence-electron chi connectivity index (χ0n) is 9.11. The normalized spacial score (nSPS) is 12.6. The molecule has 1 aromatic carbocycles. The summed E-state index contributed by atoms with van der Waals surface area (Å²) in [5, 5.41) is 3.12. The molecule has 3 heteroatoms. The van der Waals surface area contributed by atoms with Gasteiger partial charge in [0.2, 0.25) is 0 Å². The van der Waals surface area contributed by atoms with Crippen molar-refractivity contribution in [2.24, 2.45) is 0 Å². The fraction of sp³-hybridized carbons (Fsp3) is 0.231. The van der Waals surface area contributed by atoms with E-state index in [4.69, 9.17) is 4.42 Å². The summed E-state index contributed by atoms with van der Waals surface area (Å²) in [6.07, 6.45) is 4.03. The molecule has 1 unspecified atom stereocenters. The molecule has 0 amide bonds. The highest BCUT2D eigenvalue weighted by Crippen LogP contribution is 2.20. The summed E-state index contributed by atoms with van der Waals surface area (Å²) >= 11 is 0. The molecule has 1 N–H and O–H groups in total. The van der Waals surface area contributed by atoms with Crippen LogP contribution in [0, 0.1) is 5.82 Å². The smallest absolute Gasteiger partial charge is 0.127 e. The van der Waals surface area contributed by atoms with Crippen molar-refractivity contribution in [3.05, 3.63) is 59.8 Å². The highest BCUT2D eigenvalue weighted by atomic mass is 19.1. The Morgan fingerprint density at radius 1 is 1.31 bits per heavy atom. The second-order valence-electron chi connectivity index (χ2n) is 3.70. The van der Waals surface area contributed by atoms with Gasteiger partial charge < -0.3 is 9.73 Å². The Morgan fingerprint density at radius 2 is 2.12 bits per heavy atom. The first kappa shape index (κ1) is 10.9. The molecule has 0 saturated carbocycles. The Bertz CT molecular complexity index is 439. The zero-order valence-corrected chi connectivity index (χ0v) is 9.11. The van der Waals surface area contributed by atoms with E-state index in [1.54, 1.807) is 24.7 Å². The maximum absolute atomic E-state index is 13.6. The number of halogens is 1. The van der Waals surface area contributed by atoms with E-state index in [0.29, 0.717) is 12.0 Å². The molecule has 2 rings (SSSR count). The fourth-order valence-electron chi connectivity index (χ4n) is 1.77. The Morgan fingerprint density at radius 3 is 2.75 bits per heavy atom. The molecule has 0 spiro atoms. The second kappa shape index (κ2) is 4.94. The summed E-state index contributed by atoms with van der Waals surface area (Å²) in [5.74, 6) is -0.176. The van der Waals surface area contributed by atoms with Crippen LogP contribution >= 0.6 is 0 Å². The fourth-order valence-corrected chi connectivity index (χ4v) is 1.77. The van der Waals surface area contributed by atoms with Crippen LogP contribution in [0.5, 0.6) is 0 Å². The minimum atomic E-state index is -0.176. The molecular weight excluding hydrogens is 205 g/mol. The molecular formula is C13H14FNO. The van der Waals surface area contributed by atoms with Crippen molar-refractivity contribution in [2.75, 3.05) is 7.05 Å². The van der Waals surface area contributed by atoms with Gasteiger partial charge in [0, 0.05) is 11.6 Å². The molecule has 0 aliphatic rings. The lowest BCUT2D eigenvalue weighted by Crippen LogP contribution is -2.19.